The molecule has 3 aromatic heterocycles. The summed E-state index contributed by atoms with van der Waals surface area (Å²) in [6, 6.07) is 7.09. The van der Waals surface area contributed by atoms with Gasteiger partial charge in [0, 0.05) is 18.9 Å². The molecule has 0 aromatic carbocycles. The van der Waals surface area contributed by atoms with Gasteiger partial charge in [0.05, 0.1) is 5.02 Å². The highest BCUT2D eigenvalue weighted by atomic mass is 35.5. The minimum Gasteiger partial charge on any atom is -0.332 e. The van der Waals surface area contributed by atoms with Crippen molar-refractivity contribution >= 4 is 11.6 Å². The molecule has 3 rings (SSSR count). The van der Waals surface area contributed by atoms with Crippen LogP contribution in [0.5, 0.6) is 0 Å². The third-order valence-electron chi connectivity index (χ3n) is 2.68. The Bertz CT molecular complexity index is 726. The lowest BCUT2D eigenvalue weighted by atomic mass is 10.2. The first kappa shape index (κ1) is 12.7. The van der Waals surface area contributed by atoms with Gasteiger partial charge in [-0.3, -0.25) is 9.97 Å². The third kappa shape index (κ3) is 2.38. The number of pyridine rings is 2. The van der Waals surface area contributed by atoms with Crippen LogP contribution in [0, 0.1) is 0 Å². The SMILES string of the molecule is NCc1ccc(-c2nc(-c3ncccc3Cl)no2)nc1. The van der Waals surface area contributed by atoms with Gasteiger partial charge in [0.1, 0.15) is 11.4 Å². The van der Waals surface area contributed by atoms with Crippen molar-refractivity contribution in [2.75, 3.05) is 0 Å². The van der Waals surface area contributed by atoms with Crippen molar-refractivity contribution in [1.29, 1.82) is 0 Å². The van der Waals surface area contributed by atoms with Gasteiger partial charge < -0.3 is 10.3 Å². The highest BCUT2D eigenvalue weighted by Crippen LogP contribution is 2.24. The lowest BCUT2D eigenvalue weighted by molar-refractivity contribution is 0.431. The molecule has 6 nitrogen and oxygen atoms in total. The third-order valence-corrected chi connectivity index (χ3v) is 2.98. The first-order valence-electron chi connectivity index (χ1n) is 5.88. The lowest BCUT2D eigenvalue weighted by Gasteiger charge is -1.96. The molecule has 0 aliphatic heterocycles. The molecule has 0 unspecified atom stereocenters. The molecule has 0 bridgehead atoms. The predicted molar refractivity (Wildman–Crippen MR) is 73.7 cm³/mol. The highest BCUT2D eigenvalue weighted by molar-refractivity contribution is 6.32. The van der Waals surface area contributed by atoms with Crippen molar-refractivity contribution in [2.45, 2.75) is 6.54 Å². The smallest absolute Gasteiger partial charge is 0.276 e. The van der Waals surface area contributed by atoms with Crippen molar-refractivity contribution in [2.24, 2.45) is 5.73 Å². The predicted octanol–water partition coefficient (Wildman–Crippen LogP) is 2.31. The number of nitrogens with zero attached hydrogens (tertiary/aromatic N) is 4. The van der Waals surface area contributed by atoms with Gasteiger partial charge in [0.2, 0.25) is 5.82 Å². The minimum absolute atomic E-state index is 0.310. The van der Waals surface area contributed by atoms with E-state index in [1.54, 1.807) is 30.6 Å². The maximum absolute atomic E-state index is 6.04. The quantitative estimate of drug-likeness (QED) is 0.795. The average molecular weight is 288 g/mol. The van der Waals surface area contributed by atoms with Crippen LogP contribution < -0.4 is 5.73 Å². The fourth-order valence-corrected chi connectivity index (χ4v) is 1.85. The average Bonchev–Trinajstić information content (AvgIpc) is 2.97. The number of aromatic nitrogens is 4. The summed E-state index contributed by atoms with van der Waals surface area (Å²) in [4.78, 5) is 12.6. The Morgan fingerprint density at radius 1 is 1.20 bits per heavy atom. The fraction of sp³-hybridized carbons (Fsp3) is 0.0769. The van der Waals surface area contributed by atoms with E-state index in [1.165, 1.54) is 0 Å². The monoisotopic (exact) mass is 287 g/mol. The standard InChI is InChI=1S/C13H10ClN5O/c14-9-2-1-5-16-11(9)12-18-13(20-19-12)10-4-3-8(6-15)7-17-10/h1-5,7H,6,15H2. The minimum atomic E-state index is 0.310. The largest absolute Gasteiger partial charge is 0.332 e. The molecule has 0 amide bonds. The van der Waals surface area contributed by atoms with Crippen LogP contribution in [0.3, 0.4) is 0 Å². The molecule has 7 heteroatoms. The van der Waals surface area contributed by atoms with Gasteiger partial charge >= 0.3 is 0 Å². The summed E-state index contributed by atoms with van der Waals surface area (Å²) in [7, 11) is 0. The molecule has 0 aliphatic carbocycles. The summed E-state index contributed by atoms with van der Waals surface area (Å²) >= 11 is 6.04. The molecular formula is C13H10ClN5O. The van der Waals surface area contributed by atoms with Gasteiger partial charge in [-0.2, -0.15) is 4.98 Å². The van der Waals surface area contributed by atoms with Crippen LogP contribution in [0.15, 0.2) is 41.2 Å². The summed E-state index contributed by atoms with van der Waals surface area (Å²) in [6.07, 6.45) is 3.29. The number of hydrogen-bond acceptors (Lipinski definition) is 6. The van der Waals surface area contributed by atoms with Crippen LogP contribution >= 0.6 is 11.6 Å². The maximum atomic E-state index is 6.04. The second kappa shape index (κ2) is 5.36. The van der Waals surface area contributed by atoms with Crippen LogP contribution in [-0.2, 0) is 6.54 Å². The van der Waals surface area contributed by atoms with E-state index in [-0.39, 0.29) is 0 Å². The summed E-state index contributed by atoms with van der Waals surface area (Å²) in [5, 5.41) is 4.33. The second-order valence-corrected chi connectivity index (χ2v) is 4.42. The van der Waals surface area contributed by atoms with Crippen LogP contribution in [0.4, 0.5) is 0 Å². The number of rotatable bonds is 3. The van der Waals surface area contributed by atoms with E-state index in [4.69, 9.17) is 21.9 Å². The van der Waals surface area contributed by atoms with E-state index in [9.17, 15) is 0 Å². The molecular weight excluding hydrogens is 278 g/mol. The van der Waals surface area contributed by atoms with Crippen molar-refractivity contribution in [3.63, 3.8) is 0 Å². The first-order valence-corrected chi connectivity index (χ1v) is 6.25. The van der Waals surface area contributed by atoms with Crippen molar-refractivity contribution in [1.82, 2.24) is 20.1 Å². The molecule has 20 heavy (non-hydrogen) atoms. The van der Waals surface area contributed by atoms with E-state index in [1.807, 2.05) is 6.07 Å². The van der Waals surface area contributed by atoms with E-state index in [0.29, 0.717) is 34.7 Å². The zero-order valence-electron chi connectivity index (χ0n) is 10.3. The molecule has 0 fully saturated rings. The fourth-order valence-electron chi connectivity index (χ4n) is 1.65. The normalized spacial score (nSPS) is 10.7. The van der Waals surface area contributed by atoms with E-state index in [2.05, 4.69) is 20.1 Å². The first-order chi connectivity index (χ1) is 9.78. The van der Waals surface area contributed by atoms with Crippen molar-refractivity contribution in [3.8, 4) is 23.1 Å². The molecule has 3 aromatic rings. The Balaban J connectivity index is 1.95. The van der Waals surface area contributed by atoms with Gasteiger partial charge in [-0.05, 0) is 23.8 Å². The van der Waals surface area contributed by atoms with Crippen molar-refractivity contribution < 1.29 is 4.52 Å². The van der Waals surface area contributed by atoms with Gasteiger partial charge in [-0.15, -0.1) is 0 Å². The Morgan fingerprint density at radius 2 is 2.10 bits per heavy atom. The van der Waals surface area contributed by atoms with Gasteiger partial charge in [0.15, 0.2) is 0 Å². The Morgan fingerprint density at radius 3 is 2.80 bits per heavy atom. The van der Waals surface area contributed by atoms with Crippen LogP contribution in [0.1, 0.15) is 5.56 Å². The summed E-state index contributed by atoms with van der Waals surface area (Å²) in [5.41, 5.74) is 7.50. The van der Waals surface area contributed by atoms with E-state index < -0.39 is 0 Å². The highest BCUT2D eigenvalue weighted by Gasteiger charge is 2.14. The number of halogens is 1. The lowest BCUT2D eigenvalue weighted by Crippen LogP contribution is -1.96. The zero-order valence-corrected chi connectivity index (χ0v) is 11.1. The number of nitrogens with two attached hydrogens (primary N) is 1. The van der Waals surface area contributed by atoms with Gasteiger partial charge in [0.25, 0.3) is 5.89 Å². The molecule has 2 N–H and O–H groups in total. The molecule has 0 radical (unpaired) electrons. The summed E-state index contributed by atoms with van der Waals surface area (Å²) in [6.45, 7) is 0.436. The Labute approximate surface area is 119 Å². The topological polar surface area (TPSA) is 90.7 Å². The molecule has 0 saturated heterocycles. The molecule has 0 atom stereocenters. The van der Waals surface area contributed by atoms with Gasteiger partial charge in [-0.1, -0.05) is 22.8 Å². The van der Waals surface area contributed by atoms with E-state index in [0.717, 1.165) is 5.56 Å². The molecule has 0 saturated carbocycles. The zero-order chi connectivity index (χ0) is 13.9. The Kier molecular flexibility index (Phi) is 3.41. The summed E-state index contributed by atoms with van der Waals surface area (Å²) in [5.74, 6) is 0.639. The molecule has 100 valence electrons. The Hall–Kier alpha value is -2.31. The molecule has 0 aliphatic rings. The van der Waals surface area contributed by atoms with E-state index >= 15 is 0 Å². The van der Waals surface area contributed by atoms with Gasteiger partial charge in [-0.25, -0.2) is 0 Å². The maximum Gasteiger partial charge on any atom is 0.276 e. The molecule has 0 spiro atoms. The molecule has 3 heterocycles. The van der Waals surface area contributed by atoms with Crippen molar-refractivity contribution in [3.05, 3.63) is 47.2 Å². The van der Waals surface area contributed by atoms with Crippen LogP contribution in [0.2, 0.25) is 5.02 Å². The second-order valence-electron chi connectivity index (χ2n) is 4.01. The van der Waals surface area contributed by atoms with Crippen LogP contribution in [0.25, 0.3) is 23.1 Å². The van der Waals surface area contributed by atoms with Crippen LogP contribution in [-0.4, -0.2) is 20.1 Å². The summed E-state index contributed by atoms with van der Waals surface area (Å²) < 4.78 is 5.18. The number of hydrogen-bond donors (Lipinski definition) is 1.